The average Bonchev–Trinajstić information content (AvgIpc) is 2.76. The van der Waals surface area contributed by atoms with E-state index in [0.29, 0.717) is 26.2 Å². The normalized spacial score (nSPS) is 18.8. The second kappa shape index (κ2) is 9.61. The van der Waals surface area contributed by atoms with Gasteiger partial charge in [-0.3, -0.25) is 9.69 Å². The third-order valence-corrected chi connectivity index (χ3v) is 7.15. The predicted octanol–water partition coefficient (Wildman–Crippen LogP) is 6.62. The van der Waals surface area contributed by atoms with Gasteiger partial charge in [0.1, 0.15) is 0 Å². The standard InChI is InChI=1S/C25H23BrF6N2O/c26-21-4-1-17(2-5-21)3-6-22(35)34-15-23(16-34)7-9-33(10-8-23)14-18-11-19(24(27,28)29)13-20(12-18)25(30,31)32/h1-6,11-13H,7-10,14-16H2. The van der Waals surface area contributed by atoms with E-state index < -0.39 is 23.5 Å². The summed E-state index contributed by atoms with van der Waals surface area (Å²) >= 11 is 3.36. The highest BCUT2D eigenvalue weighted by Crippen LogP contribution is 2.41. The molecule has 0 radical (unpaired) electrons. The van der Waals surface area contributed by atoms with Gasteiger partial charge in [0.2, 0.25) is 5.91 Å². The van der Waals surface area contributed by atoms with Crippen LogP contribution in [-0.2, 0) is 23.7 Å². The summed E-state index contributed by atoms with van der Waals surface area (Å²) in [7, 11) is 0. The summed E-state index contributed by atoms with van der Waals surface area (Å²) < 4.78 is 79.7. The van der Waals surface area contributed by atoms with E-state index in [9.17, 15) is 31.1 Å². The quantitative estimate of drug-likeness (QED) is 0.310. The molecule has 35 heavy (non-hydrogen) atoms. The third-order valence-electron chi connectivity index (χ3n) is 6.62. The number of hydrogen-bond acceptors (Lipinski definition) is 2. The van der Waals surface area contributed by atoms with Crippen molar-refractivity contribution in [3.8, 4) is 0 Å². The molecule has 2 aromatic carbocycles. The van der Waals surface area contributed by atoms with Crippen LogP contribution in [0.4, 0.5) is 26.3 Å². The molecular weight excluding hydrogens is 538 g/mol. The molecule has 0 N–H and O–H groups in total. The zero-order valence-corrected chi connectivity index (χ0v) is 20.2. The van der Waals surface area contributed by atoms with E-state index in [0.717, 1.165) is 35.0 Å². The summed E-state index contributed by atoms with van der Waals surface area (Å²) in [6, 6.07) is 9.30. The van der Waals surface area contributed by atoms with E-state index >= 15 is 0 Å². The Morgan fingerprint density at radius 2 is 1.46 bits per heavy atom. The molecule has 2 aromatic rings. The van der Waals surface area contributed by atoms with Crippen LogP contribution < -0.4 is 0 Å². The van der Waals surface area contributed by atoms with Gasteiger partial charge < -0.3 is 4.90 Å². The number of rotatable bonds is 4. The Morgan fingerprint density at radius 1 is 0.914 bits per heavy atom. The first-order valence-corrected chi connectivity index (χ1v) is 11.9. The minimum Gasteiger partial charge on any atom is -0.338 e. The fourth-order valence-electron chi connectivity index (χ4n) is 4.64. The maximum absolute atomic E-state index is 13.1. The van der Waals surface area contributed by atoms with Crippen molar-refractivity contribution in [1.82, 2.24) is 9.80 Å². The van der Waals surface area contributed by atoms with Gasteiger partial charge in [-0.05, 0) is 73.5 Å². The lowest BCUT2D eigenvalue weighted by atomic mass is 9.72. The van der Waals surface area contributed by atoms with Gasteiger partial charge in [-0.25, -0.2) is 0 Å². The van der Waals surface area contributed by atoms with E-state index in [4.69, 9.17) is 0 Å². The lowest BCUT2D eigenvalue weighted by molar-refractivity contribution is -0.144. The Kier molecular flexibility index (Phi) is 7.07. The largest absolute Gasteiger partial charge is 0.416 e. The SMILES string of the molecule is O=C(C=Cc1ccc(Br)cc1)N1CC2(CCN(Cc3cc(C(F)(F)F)cc(C(F)(F)F)c3)CC2)C1. The summed E-state index contributed by atoms with van der Waals surface area (Å²) in [5.41, 5.74) is -1.72. The Hall–Kier alpha value is -2.33. The van der Waals surface area contributed by atoms with Crippen LogP contribution in [0.15, 0.2) is 53.0 Å². The number of alkyl halides is 6. The van der Waals surface area contributed by atoms with Crippen molar-refractivity contribution in [2.24, 2.45) is 5.41 Å². The first-order chi connectivity index (χ1) is 16.3. The smallest absolute Gasteiger partial charge is 0.338 e. The van der Waals surface area contributed by atoms with Gasteiger partial charge in [0, 0.05) is 35.6 Å². The second-order valence-corrected chi connectivity index (χ2v) is 10.2. The topological polar surface area (TPSA) is 23.6 Å². The highest BCUT2D eigenvalue weighted by molar-refractivity contribution is 9.10. The molecule has 0 aliphatic carbocycles. The molecule has 188 valence electrons. The van der Waals surface area contributed by atoms with Crippen LogP contribution in [0.1, 0.15) is 35.1 Å². The van der Waals surface area contributed by atoms with Crippen LogP contribution >= 0.6 is 15.9 Å². The third kappa shape index (κ3) is 6.27. The van der Waals surface area contributed by atoms with Crippen molar-refractivity contribution in [3.05, 3.63) is 75.3 Å². The molecule has 2 fully saturated rings. The second-order valence-electron chi connectivity index (χ2n) is 9.27. The van der Waals surface area contributed by atoms with Crippen molar-refractivity contribution in [2.45, 2.75) is 31.7 Å². The number of piperidine rings is 1. The Labute approximate surface area is 207 Å². The summed E-state index contributed by atoms with van der Waals surface area (Å²) in [6.07, 6.45) is -4.94. The van der Waals surface area contributed by atoms with Gasteiger partial charge in [-0.1, -0.05) is 28.1 Å². The van der Waals surface area contributed by atoms with Gasteiger partial charge in [0.05, 0.1) is 11.1 Å². The summed E-state index contributed by atoms with van der Waals surface area (Å²) in [5.74, 6) is -0.0791. The highest BCUT2D eigenvalue weighted by Gasteiger charge is 2.46. The van der Waals surface area contributed by atoms with Crippen LogP contribution in [0, 0.1) is 5.41 Å². The molecule has 4 rings (SSSR count). The first-order valence-electron chi connectivity index (χ1n) is 11.1. The van der Waals surface area contributed by atoms with Crippen LogP contribution in [0.2, 0.25) is 0 Å². The van der Waals surface area contributed by atoms with E-state index in [1.165, 1.54) is 6.08 Å². The van der Waals surface area contributed by atoms with Gasteiger partial charge in [0.25, 0.3) is 0 Å². The van der Waals surface area contributed by atoms with Crippen molar-refractivity contribution < 1.29 is 31.1 Å². The van der Waals surface area contributed by atoms with E-state index in [2.05, 4.69) is 15.9 Å². The number of likely N-dealkylation sites (tertiary alicyclic amines) is 2. The zero-order chi connectivity index (χ0) is 25.4. The predicted molar refractivity (Wildman–Crippen MR) is 123 cm³/mol. The zero-order valence-electron chi connectivity index (χ0n) is 18.6. The van der Waals surface area contributed by atoms with Crippen molar-refractivity contribution in [1.29, 1.82) is 0 Å². The van der Waals surface area contributed by atoms with E-state index in [1.807, 2.05) is 29.2 Å². The molecule has 0 unspecified atom stereocenters. The lowest BCUT2D eigenvalue weighted by Crippen LogP contribution is -2.61. The van der Waals surface area contributed by atoms with E-state index in [1.54, 1.807) is 11.0 Å². The fourth-order valence-corrected chi connectivity index (χ4v) is 4.90. The summed E-state index contributed by atoms with van der Waals surface area (Å²) in [5, 5.41) is 0. The number of hydrogen-bond donors (Lipinski definition) is 0. The summed E-state index contributed by atoms with van der Waals surface area (Å²) in [6.45, 7) is 2.32. The number of carbonyl (C=O) groups excluding carboxylic acids is 1. The molecule has 0 saturated carbocycles. The van der Waals surface area contributed by atoms with Crippen molar-refractivity contribution in [3.63, 3.8) is 0 Å². The molecule has 2 aliphatic heterocycles. The molecular formula is C25H23BrF6N2O. The van der Waals surface area contributed by atoms with Gasteiger partial charge in [-0.2, -0.15) is 26.3 Å². The molecule has 10 heteroatoms. The number of carbonyl (C=O) groups is 1. The van der Waals surface area contributed by atoms with E-state index in [-0.39, 0.29) is 29.5 Å². The molecule has 0 aromatic heterocycles. The Bertz CT molecular complexity index is 1060. The molecule has 1 spiro atoms. The molecule has 0 bridgehead atoms. The molecule has 2 saturated heterocycles. The number of nitrogens with zero attached hydrogens (tertiary/aromatic N) is 2. The van der Waals surface area contributed by atoms with Gasteiger partial charge in [-0.15, -0.1) is 0 Å². The van der Waals surface area contributed by atoms with Crippen molar-refractivity contribution in [2.75, 3.05) is 26.2 Å². The molecule has 0 atom stereocenters. The van der Waals surface area contributed by atoms with Crippen LogP contribution in [-0.4, -0.2) is 41.9 Å². The number of amides is 1. The van der Waals surface area contributed by atoms with Crippen LogP contribution in [0.25, 0.3) is 6.08 Å². The Morgan fingerprint density at radius 3 is 1.97 bits per heavy atom. The monoisotopic (exact) mass is 560 g/mol. The molecule has 2 aliphatic rings. The molecule has 1 amide bonds. The minimum absolute atomic E-state index is 0.00778. The average molecular weight is 561 g/mol. The van der Waals surface area contributed by atoms with Gasteiger partial charge >= 0.3 is 12.4 Å². The maximum Gasteiger partial charge on any atom is 0.416 e. The van der Waals surface area contributed by atoms with Crippen LogP contribution in [0.5, 0.6) is 0 Å². The fraction of sp³-hybridized carbons (Fsp3) is 0.400. The highest BCUT2D eigenvalue weighted by atomic mass is 79.9. The number of halogens is 7. The van der Waals surface area contributed by atoms with Crippen molar-refractivity contribution >= 4 is 27.9 Å². The maximum atomic E-state index is 13.1. The molecule has 2 heterocycles. The molecule has 3 nitrogen and oxygen atoms in total. The lowest BCUT2D eigenvalue weighted by Gasteiger charge is -2.53. The number of benzene rings is 2. The first kappa shape index (κ1) is 25.8. The van der Waals surface area contributed by atoms with Crippen LogP contribution in [0.3, 0.4) is 0 Å². The minimum atomic E-state index is -4.85. The Balaban J connectivity index is 1.32. The van der Waals surface area contributed by atoms with Gasteiger partial charge in [0.15, 0.2) is 0 Å². The summed E-state index contributed by atoms with van der Waals surface area (Å²) in [4.78, 5) is 16.1.